The molecule has 0 saturated heterocycles. The van der Waals surface area contributed by atoms with E-state index in [-0.39, 0.29) is 5.95 Å². The van der Waals surface area contributed by atoms with Gasteiger partial charge in [-0.1, -0.05) is 32.6 Å². The zero-order chi connectivity index (χ0) is 12.5. The van der Waals surface area contributed by atoms with E-state index >= 15 is 0 Å². The van der Waals surface area contributed by atoms with E-state index in [0.717, 1.165) is 18.8 Å². The van der Waals surface area contributed by atoms with Gasteiger partial charge in [0.05, 0.1) is 7.11 Å². The van der Waals surface area contributed by atoms with E-state index in [9.17, 15) is 0 Å². The molecule has 0 fully saturated rings. The van der Waals surface area contributed by atoms with Crippen LogP contribution in [0.2, 0.25) is 0 Å². The van der Waals surface area contributed by atoms with E-state index in [0.29, 0.717) is 5.88 Å². The number of nitrogens with two attached hydrogens (primary N) is 1. The molecule has 0 aromatic carbocycles. The predicted molar refractivity (Wildman–Crippen MR) is 70.2 cm³/mol. The van der Waals surface area contributed by atoms with Crippen LogP contribution >= 0.6 is 0 Å². The Balaban J connectivity index is 2.28. The Morgan fingerprint density at radius 1 is 1.24 bits per heavy atom. The van der Waals surface area contributed by atoms with Crippen LogP contribution in [0.4, 0.5) is 11.8 Å². The fourth-order valence-corrected chi connectivity index (χ4v) is 1.58. The lowest BCUT2D eigenvalue weighted by atomic mass is 10.1. The quantitative estimate of drug-likeness (QED) is 0.680. The molecule has 1 rings (SSSR count). The van der Waals surface area contributed by atoms with Gasteiger partial charge in [-0.15, -0.1) is 0 Å². The summed E-state index contributed by atoms with van der Waals surface area (Å²) in [5, 5.41) is 3.23. The van der Waals surface area contributed by atoms with Gasteiger partial charge in [0.1, 0.15) is 5.82 Å². The second-order valence-corrected chi connectivity index (χ2v) is 3.99. The summed E-state index contributed by atoms with van der Waals surface area (Å²) in [4.78, 5) is 8.02. The summed E-state index contributed by atoms with van der Waals surface area (Å²) in [6, 6.07) is 1.75. The number of unbranched alkanes of at least 4 members (excludes halogenated alkanes) is 4. The predicted octanol–water partition coefficient (Wildman–Crippen LogP) is 2.45. The van der Waals surface area contributed by atoms with Crippen LogP contribution in [0.5, 0.6) is 5.88 Å². The molecule has 0 bridgehead atoms. The van der Waals surface area contributed by atoms with Crippen LogP contribution in [0.25, 0.3) is 0 Å². The minimum Gasteiger partial charge on any atom is -0.481 e. The first-order valence-electron chi connectivity index (χ1n) is 6.18. The van der Waals surface area contributed by atoms with Crippen molar-refractivity contribution < 1.29 is 4.74 Å². The number of hydrogen-bond acceptors (Lipinski definition) is 5. The van der Waals surface area contributed by atoms with Crippen molar-refractivity contribution in [3.05, 3.63) is 6.07 Å². The van der Waals surface area contributed by atoms with Crippen molar-refractivity contribution in [2.75, 3.05) is 24.7 Å². The van der Waals surface area contributed by atoms with Gasteiger partial charge in [0.15, 0.2) is 0 Å². The fraction of sp³-hybridized carbons (Fsp3) is 0.667. The lowest BCUT2D eigenvalue weighted by molar-refractivity contribution is 0.398. The van der Waals surface area contributed by atoms with Crippen LogP contribution in [0.3, 0.4) is 0 Å². The molecule has 3 N–H and O–H groups in total. The molecule has 17 heavy (non-hydrogen) atoms. The summed E-state index contributed by atoms with van der Waals surface area (Å²) >= 11 is 0. The summed E-state index contributed by atoms with van der Waals surface area (Å²) in [6.45, 7) is 3.12. The Bertz CT molecular complexity index is 330. The number of hydrogen-bond donors (Lipinski definition) is 2. The Kier molecular flexibility index (Phi) is 6.14. The smallest absolute Gasteiger partial charge is 0.225 e. The van der Waals surface area contributed by atoms with Crippen LogP contribution in [0.15, 0.2) is 6.07 Å². The van der Waals surface area contributed by atoms with Gasteiger partial charge in [0, 0.05) is 12.6 Å². The lowest BCUT2D eigenvalue weighted by Crippen LogP contribution is -2.06. The van der Waals surface area contributed by atoms with E-state index < -0.39 is 0 Å². The summed E-state index contributed by atoms with van der Waals surface area (Å²) in [5.74, 6) is 1.45. The highest BCUT2D eigenvalue weighted by Gasteiger charge is 2.01. The van der Waals surface area contributed by atoms with Gasteiger partial charge in [-0.25, -0.2) is 0 Å². The molecule has 5 nitrogen and oxygen atoms in total. The largest absolute Gasteiger partial charge is 0.481 e. The maximum Gasteiger partial charge on any atom is 0.225 e. The molecule has 0 aliphatic heterocycles. The van der Waals surface area contributed by atoms with E-state index in [4.69, 9.17) is 10.5 Å². The van der Waals surface area contributed by atoms with Crippen LogP contribution in [-0.2, 0) is 0 Å². The van der Waals surface area contributed by atoms with Crippen LogP contribution < -0.4 is 15.8 Å². The molecule has 0 spiro atoms. The van der Waals surface area contributed by atoms with Crippen LogP contribution in [0.1, 0.15) is 39.0 Å². The minimum atomic E-state index is 0.234. The van der Waals surface area contributed by atoms with Crippen molar-refractivity contribution in [2.45, 2.75) is 39.0 Å². The molecule has 1 heterocycles. The van der Waals surface area contributed by atoms with Crippen molar-refractivity contribution in [1.82, 2.24) is 9.97 Å². The van der Waals surface area contributed by atoms with Crippen molar-refractivity contribution in [2.24, 2.45) is 0 Å². The highest BCUT2D eigenvalue weighted by molar-refractivity contribution is 5.42. The molecule has 0 atom stereocenters. The van der Waals surface area contributed by atoms with E-state index in [1.54, 1.807) is 13.2 Å². The zero-order valence-electron chi connectivity index (χ0n) is 10.7. The second-order valence-electron chi connectivity index (χ2n) is 3.99. The van der Waals surface area contributed by atoms with Crippen molar-refractivity contribution in [3.63, 3.8) is 0 Å². The molecular weight excluding hydrogens is 216 g/mol. The molecule has 0 saturated carbocycles. The first-order valence-corrected chi connectivity index (χ1v) is 6.18. The third kappa shape index (κ3) is 5.38. The van der Waals surface area contributed by atoms with Crippen molar-refractivity contribution in [3.8, 4) is 5.88 Å². The summed E-state index contributed by atoms with van der Waals surface area (Å²) in [6.07, 6.45) is 6.28. The number of anilines is 2. The van der Waals surface area contributed by atoms with Crippen molar-refractivity contribution >= 4 is 11.8 Å². The van der Waals surface area contributed by atoms with Crippen LogP contribution in [-0.4, -0.2) is 23.6 Å². The molecule has 1 aromatic heterocycles. The number of nitrogen functional groups attached to an aromatic ring is 1. The summed E-state index contributed by atoms with van der Waals surface area (Å²) in [5.41, 5.74) is 5.56. The Morgan fingerprint density at radius 2 is 2.00 bits per heavy atom. The molecule has 96 valence electrons. The van der Waals surface area contributed by atoms with Crippen molar-refractivity contribution in [1.29, 1.82) is 0 Å². The Hall–Kier alpha value is -1.52. The standard InChI is InChI=1S/C12H22N4O/c1-3-4-5-6-7-8-14-10-9-11(17-2)16-12(13)15-10/h9H,3-8H2,1-2H3,(H3,13,14,15,16). The third-order valence-corrected chi connectivity index (χ3v) is 2.52. The Morgan fingerprint density at radius 3 is 2.71 bits per heavy atom. The van der Waals surface area contributed by atoms with Gasteiger partial charge >= 0.3 is 0 Å². The van der Waals surface area contributed by atoms with Gasteiger partial charge < -0.3 is 15.8 Å². The first-order chi connectivity index (χ1) is 8.26. The highest BCUT2D eigenvalue weighted by atomic mass is 16.5. The van der Waals surface area contributed by atoms with Gasteiger partial charge in [-0.05, 0) is 6.42 Å². The molecule has 0 radical (unpaired) electrons. The van der Waals surface area contributed by atoms with Gasteiger partial charge in [0.25, 0.3) is 0 Å². The normalized spacial score (nSPS) is 10.2. The molecule has 5 heteroatoms. The maximum absolute atomic E-state index is 5.56. The maximum atomic E-state index is 5.56. The number of nitrogens with one attached hydrogen (secondary N) is 1. The van der Waals surface area contributed by atoms with Crippen LogP contribution in [0, 0.1) is 0 Å². The highest BCUT2D eigenvalue weighted by Crippen LogP contribution is 2.14. The van der Waals surface area contributed by atoms with Gasteiger partial charge in [-0.2, -0.15) is 9.97 Å². The number of methoxy groups -OCH3 is 1. The second kappa shape index (κ2) is 7.70. The number of ether oxygens (including phenoxy) is 1. The summed E-state index contributed by atoms with van der Waals surface area (Å²) < 4.78 is 5.02. The average molecular weight is 238 g/mol. The zero-order valence-corrected chi connectivity index (χ0v) is 10.7. The van der Waals surface area contributed by atoms with Gasteiger partial charge in [0.2, 0.25) is 11.8 Å². The fourth-order valence-electron chi connectivity index (χ4n) is 1.58. The lowest BCUT2D eigenvalue weighted by Gasteiger charge is -2.07. The Labute approximate surface area is 103 Å². The molecule has 0 aliphatic rings. The number of nitrogens with zero attached hydrogens (tertiary/aromatic N) is 2. The topological polar surface area (TPSA) is 73.1 Å². The van der Waals surface area contributed by atoms with E-state index in [2.05, 4.69) is 22.2 Å². The molecular formula is C12H22N4O. The third-order valence-electron chi connectivity index (χ3n) is 2.52. The average Bonchev–Trinajstić information content (AvgIpc) is 2.33. The molecule has 0 unspecified atom stereocenters. The minimum absolute atomic E-state index is 0.234. The molecule has 0 aliphatic carbocycles. The number of rotatable bonds is 8. The molecule has 0 amide bonds. The molecule has 1 aromatic rings. The first kappa shape index (κ1) is 13.5. The SMILES string of the molecule is CCCCCCCNc1cc(OC)nc(N)n1. The van der Waals surface area contributed by atoms with E-state index in [1.165, 1.54) is 25.7 Å². The number of aromatic nitrogens is 2. The summed E-state index contributed by atoms with van der Waals surface area (Å²) in [7, 11) is 1.57. The van der Waals surface area contributed by atoms with Gasteiger partial charge in [-0.3, -0.25) is 0 Å². The van der Waals surface area contributed by atoms with E-state index in [1.807, 2.05) is 0 Å². The monoisotopic (exact) mass is 238 g/mol.